The molecule has 1 aromatic carbocycles. The number of nitrogens with one attached hydrogen (secondary N) is 1. The van der Waals surface area contributed by atoms with E-state index in [9.17, 15) is 9.59 Å². The summed E-state index contributed by atoms with van der Waals surface area (Å²) in [6.45, 7) is 0.175. The molecule has 27 heavy (non-hydrogen) atoms. The topological polar surface area (TPSA) is 76.5 Å². The molecule has 2 atom stereocenters. The van der Waals surface area contributed by atoms with Gasteiger partial charge in [0.15, 0.2) is 0 Å². The van der Waals surface area contributed by atoms with Crippen LogP contribution in [0.5, 0.6) is 0 Å². The fourth-order valence-corrected chi connectivity index (χ4v) is 4.28. The summed E-state index contributed by atoms with van der Waals surface area (Å²) >= 11 is 0. The third-order valence-corrected chi connectivity index (χ3v) is 5.49. The normalized spacial score (nSPS) is 23.9. The number of benzene rings is 1. The second-order valence-electron chi connectivity index (χ2n) is 7.21. The SMILES string of the molecule is O=C(NCC(=O)N1C2CCC1CC(n1cccn1)C2)OCc1ccccc1. The maximum absolute atomic E-state index is 12.7. The third kappa shape index (κ3) is 3.97. The highest BCUT2D eigenvalue weighted by atomic mass is 16.5. The van der Waals surface area contributed by atoms with Crippen molar-refractivity contribution in [1.29, 1.82) is 0 Å². The predicted octanol–water partition coefficient (Wildman–Crippen LogP) is 2.50. The van der Waals surface area contributed by atoms with Crippen LogP contribution < -0.4 is 5.32 Å². The first-order chi connectivity index (χ1) is 13.2. The number of alkyl carbamates (subject to hydrolysis) is 1. The monoisotopic (exact) mass is 368 g/mol. The molecule has 2 aliphatic rings. The first kappa shape index (κ1) is 17.6. The minimum atomic E-state index is -0.564. The smallest absolute Gasteiger partial charge is 0.407 e. The number of hydrogen-bond donors (Lipinski definition) is 1. The van der Waals surface area contributed by atoms with E-state index in [1.54, 1.807) is 6.20 Å². The first-order valence-electron chi connectivity index (χ1n) is 9.45. The summed E-state index contributed by atoms with van der Waals surface area (Å²) in [5, 5.41) is 6.94. The maximum atomic E-state index is 12.7. The Labute approximate surface area is 158 Å². The fourth-order valence-electron chi connectivity index (χ4n) is 4.28. The van der Waals surface area contributed by atoms with E-state index in [1.807, 2.05) is 52.2 Å². The van der Waals surface area contributed by atoms with E-state index in [4.69, 9.17) is 4.74 Å². The Morgan fingerprint density at radius 2 is 1.81 bits per heavy atom. The zero-order valence-corrected chi connectivity index (χ0v) is 15.2. The van der Waals surface area contributed by atoms with Crippen molar-refractivity contribution in [3.8, 4) is 0 Å². The van der Waals surface area contributed by atoms with E-state index in [-0.39, 0.29) is 31.1 Å². The average molecular weight is 368 g/mol. The van der Waals surface area contributed by atoms with Crippen molar-refractivity contribution in [2.45, 2.75) is 50.4 Å². The van der Waals surface area contributed by atoms with Crippen molar-refractivity contribution in [3.05, 3.63) is 54.4 Å². The fraction of sp³-hybridized carbons (Fsp3) is 0.450. The van der Waals surface area contributed by atoms with Gasteiger partial charge in [0.25, 0.3) is 0 Å². The number of fused-ring (bicyclic) bond motifs is 2. The number of rotatable bonds is 5. The number of carbonyl (C=O) groups excluding carboxylic acids is 2. The van der Waals surface area contributed by atoms with E-state index < -0.39 is 6.09 Å². The summed E-state index contributed by atoms with van der Waals surface area (Å²) in [6, 6.07) is 12.2. The summed E-state index contributed by atoms with van der Waals surface area (Å²) in [5.74, 6) is -0.0296. The van der Waals surface area contributed by atoms with Gasteiger partial charge in [0.2, 0.25) is 5.91 Å². The summed E-state index contributed by atoms with van der Waals surface area (Å²) < 4.78 is 7.18. The summed E-state index contributed by atoms with van der Waals surface area (Å²) in [4.78, 5) is 26.5. The highest BCUT2D eigenvalue weighted by molar-refractivity contribution is 5.83. The molecule has 0 saturated carbocycles. The lowest BCUT2D eigenvalue weighted by Gasteiger charge is -2.39. The van der Waals surface area contributed by atoms with Gasteiger partial charge in [0.05, 0.1) is 6.04 Å². The van der Waals surface area contributed by atoms with Crippen LogP contribution in [0.4, 0.5) is 4.79 Å². The van der Waals surface area contributed by atoms with E-state index in [0.717, 1.165) is 31.2 Å². The van der Waals surface area contributed by atoms with Gasteiger partial charge in [-0.05, 0) is 37.3 Å². The molecule has 0 aliphatic carbocycles. The van der Waals surface area contributed by atoms with Crippen molar-refractivity contribution in [1.82, 2.24) is 20.0 Å². The van der Waals surface area contributed by atoms with Gasteiger partial charge in [0.1, 0.15) is 13.2 Å². The Kier molecular flexibility index (Phi) is 5.09. The molecule has 4 rings (SSSR count). The standard InChI is InChI=1S/C20H24N4O3/c25-19(13-21-20(26)27-14-15-5-2-1-3-6-15)24-16-7-8-17(24)12-18(11-16)23-10-4-9-22-23/h1-6,9-10,16-18H,7-8,11-14H2,(H,21,26). The van der Waals surface area contributed by atoms with Crippen molar-refractivity contribution >= 4 is 12.0 Å². The molecule has 7 nitrogen and oxygen atoms in total. The van der Waals surface area contributed by atoms with Gasteiger partial charge < -0.3 is 15.0 Å². The average Bonchev–Trinajstić information content (AvgIpc) is 3.32. The Hall–Kier alpha value is -2.83. The quantitative estimate of drug-likeness (QED) is 0.880. The summed E-state index contributed by atoms with van der Waals surface area (Å²) in [5.41, 5.74) is 0.915. The minimum Gasteiger partial charge on any atom is -0.445 e. The number of piperidine rings is 1. The van der Waals surface area contributed by atoms with Gasteiger partial charge in [-0.15, -0.1) is 0 Å². The molecule has 7 heteroatoms. The van der Waals surface area contributed by atoms with Crippen LogP contribution >= 0.6 is 0 Å². The van der Waals surface area contributed by atoms with Gasteiger partial charge in [-0.2, -0.15) is 5.10 Å². The number of aromatic nitrogens is 2. The van der Waals surface area contributed by atoms with Crippen LogP contribution in [0, 0.1) is 0 Å². The van der Waals surface area contributed by atoms with Crippen LogP contribution in [-0.4, -0.2) is 45.3 Å². The van der Waals surface area contributed by atoms with Crippen molar-refractivity contribution in [2.24, 2.45) is 0 Å². The molecule has 142 valence electrons. The number of ether oxygens (including phenoxy) is 1. The summed E-state index contributed by atoms with van der Waals surface area (Å²) in [7, 11) is 0. The molecule has 0 spiro atoms. The molecule has 2 unspecified atom stereocenters. The van der Waals surface area contributed by atoms with Crippen LogP contribution in [0.15, 0.2) is 48.8 Å². The highest BCUT2D eigenvalue weighted by Gasteiger charge is 2.43. The first-order valence-corrected chi connectivity index (χ1v) is 9.45. The molecule has 0 radical (unpaired) electrons. The van der Waals surface area contributed by atoms with Crippen molar-refractivity contribution in [2.75, 3.05) is 6.54 Å². The molecule has 1 aromatic heterocycles. The van der Waals surface area contributed by atoms with Gasteiger partial charge in [-0.1, -0.05) is 30.3 Å². The number of nitrogens with zero attached hydrogens (tertiary/aromatic N) is 3. The Balaban J connectivity index is 1.26. The lowest BCUT2D eigenvalue weighted by atomic mass is 9.97. The van der Waals surface area contributed by atoms with Gasteiger partial charge in [-0.25, -0.2) is 4.79 Å². The number of hydrogen-bond acceptors (Lipinski definition) is 4. The molecule has 2 aliphatic heterocycles. The number of amides is 2. The van der Waals surface area contributed by atoms with Crippen LogP contribution in [0.25, 0.3) is 0 Å². The van der Waals surface area contributed by atoms with Crippen molar-refractivity contribution < 1.29 is 14.3 Å². The largest absolute Gasteiger partial charge is 0.445 e. The molecule has 2 aromatic rings. The van der Waals surface area contributed by atoms with E-state index >= 15 is 0 Å². The molecular weight excluding hydrogens is 344 g/mol. The van der Waals surface area contributed by atoms with E-state index in [1.165, 1.54) is 0 Å². The van der Waals surface area contributed by atoms with Crippen LogP contribution in [-0.2, 0) is 16.1 Å². The van der Waals surface area contributed by atoms with Gasteiger partial charge in [-0.3, -0.25) is 9.48 Å². The maximum Gasteiger partial charge on any atom is 0.407 e. The van der Waals surface area contributed by atoms with Gasteiger partial charge >= 0.3 is 6.09 Å². The molecular formula is C20H24N4O3. The van der Waals surface area contributed by atoms with E-state index in [0.29, 0.717) is 6.04 Å². The molecule has 2 amide bonds. The molecule has 3 heterocycles. The Morgan fingerprint density at radius 3 is 2.48 bits per heavy atom. The molecule has 1 N–H and O–H groups in total. The van der Waals surface area contributed by atoms with Crippen LogP contribution in [0.2, 0.25) is 0 Å². The number of carbonyl (C=O) groups is 2. The zero-order chi connectivity index (χ0) is 18.6. The van der Waals surface area contributed by atoms with Crippen LogP contribution in [0.3, 0.4) is 0 Å². The summed E-state index contributed by atoms with van der Waals surface area (Å²) in [6.07, 6.45) is 7.10. The molecule has 2 bridgehead atoms. The molecule has 2 fully saturated rings. The predicted molar refractivity (Wildman–Crippen MR) is 98.8 cm³/mol. The second-order valence-corrected chi connectivity index (χ2v) is 7.21. The molecule has 2 saturated heterocycles. The second kappa shape index (κ2) is 7.82. The third-order valence-electron chi connectivity index (χ3n) is 5.49. The van der Waals surface area contributed by atoms with Crippen LogP contribution in [0.1, 0.15) is 37.3 Å². The van der Waals surface area contributed by atoms with Crippen molar-refractivity contribution in [3.63, 3.8) is 0 Å². The Bertz CT molecular complexity index is 764. The zero-order valence-electron chi connectivity index (χ0n) is 15.2. The van der Waals surface area contributed by atoms with Gasteiger partial charge in [0, 0.05) is 24.5 Å². The Morgan fingerprint density at radius 1 is 1.07 bits per heavy atom. The lowest BCUT2D eigenvalue weighted by molar-refractivity contribution is -0.135. The highest BCUT2D eigenvalue weighted by Crippen LogP contribution is 2.40. The van der Waals surface area contributed by atoms with E-state index in [2.05, 4.69) is 10.4 Å². The minimum absolute atomic E-state index is 0.0208. The lowest BCUT2D eigenvalue weighted by Crippen LogP contribution is -2.50.